The molecule has 0 heterocycles. The van der Waals surface area contributed by atoms with Gasteiger partial charge in [0.1, 0.15) is 6.10 Å². The van der Waals surface area contributed by atoms with E-state index in [0.717, 1.165) is 66.1 Å². The van der Waals surface area contributed by atoms with E-state index < -0.39 is 0 Å². The van der Waals surface area contributed by atoms with Crippen LogP contribution in [0, 0.1) is 46.3 Å². The van der Waals surface area contributed by atoms with Crippen LogP contribution in [0.15, 0.2) is 76.5 Å². The standard InChI is InChI=1S/C40H54N2O2/c1-27(2)10-9-11-28(3)35-20-21-36-34-19-16-30-26-33(22-24-39(30,4)37(34)23-25-40(35,36)5)44-38(43)29-14-17-32(18-15-29)42-41-31-12-7-6-8-13-31/h6-8,12-18,27-28,33-37H,9-11,19-26H2,1-5H3/t28-,33-,34-,35+,36-,37-,39-,40+/m0/s1. The second kappa shape index (κ2) is 12.9. The van der Waals surface area contributed by atoms with Crippen molar-refractivity contribution < 1.29 is 9.53 Å². The Balaban J connectivity index is 1.06. The molecule has 0 radical (unpaired) electrons. The van der Waals surface area contributed by atoms with Gasteiger partial charge in [0, 0.05) is 6.42 Å². The Bertz CT molecular complexity index is 1350. The quantitative estimate of drug-likeness (QED) is 0.165. The fourth-order valence-electron chi connectivity index (χ4n) is 10.2. The average molecular weight is 595 g/mol. The molecular weight excluding hydrogens is 540 g/mol. The molecule has 4 aliphatic carbocycles. The minimum absolute atomic E-state index is 0.0350. The molecule has 0 bridgehead atoms. The lowest BCUT2D eigenvalue weighted by molar-refractivity contribution is -0.0594. The summed E-state index contributed by atoms with van der Waals surface area (Å²) in [4.78, 5) is 13.1. The number of esters is 1. The zero-order valence-electron chi connectivity index (χ0n) is 27.8. The Morgan fingerprint density at radius 3 is 2.32 bits per heavy atom. The Morgan fingerprint density at radius 2 is 1.59 bits per heavy atom. The smallest absolute Gasteiger partial charge is 0.338 e. The highest BCUT2D eigenvalue weighted by Gasteiger charge is 2.59. The van der Waals surface area contributed by atoms with Gasteiger partial charge in [-0.3, -0.25) is 0 Å². The zero-order chi connectivity index (χ0) is 30.9. The molecule has 8 atom stereocenters. The summed E-state index contributed by atoms with van der Waals surface area (Å²) in [5, 5.41) is 8.57. The molecule has 0 aliphatic heterocycles. The number of rotatable bonds is 9. The van der Waals surface area contributed by atoms with Crippen LogP contribution in [0.1, 0.15) is 116 Å². The van der Waals surface area contributed by atoms with E-state index in [4.69, 9.17) is 4.74 Å². The van der Waals surface area contributed by atoms with Crippen LogP contribution in [0.25, 0.3) is 0 Å². The van der Waals surface area contributed by atoms with Crippen LogP contribution < -0.4 is 0 Å². The number of nitrogens with zero attached hydrogens (tertiary/aromatic N) is 2. The van der Waals surface area contributed by atoms with Gasteiger partial charge in [-0.25, -0.2) is 4.79 Å². The van der Waals surface area contributed by atoms with E-state index in [2.05, 4.69) is 50.9 Å². The van der Waals surface area contributed by atoms with Gasteiger partial charge in [-0.15, -0.1) is 0 Å². The molecule has 0 amide bonds. The average Bonchev–Trinajstić information content (AvgIpc) is 3.38. The predicted molar refractivity (Wildman–Crippen MR) is 179 cm³/mol. The van der Waals surface area contributed by atoms with Crippen LogP contribution in [-0.4, -0.2) is 12.1 Å². The molecule has 0 saturated heterocycles. The molecule has 4 aliphatic rings. The maximum absolute atomic E-state index is 13.1. The minimum Gasteiger partial charge on any atom is -0.458 e. The normalized spacial score (nSPS) is 33.8. The molecule has 2 aromatic carbocycles. The molecule has 44 heavy (non-hydrogen) atoms. The Labute approximate surface area is 266 Å². The third kappa shape index (κ3) is 6.20. The summed E-state index contributed by atoms with van der Waals surface area (Å²) in [5.74, 6) is 4.82. The van der Waals surface area contributed by atoms with Crippen molar-refractivity contribution in [3.8, 4) is 0 Å². The van der Waals surface area contributed by atoms with Gasteiger partial charge in [-0.1, -0.05) is 83.7 Å². The molecule has 4 heteroatoms. The first kappa shape index (κ1) is 31.2. The molecule has 6 rings (SSSR count). The van der Waals surface area contributed by atoms with E-state index in [1.54, 1.807) is 17.7 Å². The van der Waals surface area contributed by atoms with Crippen molar-refractivity contribution in [2.24, 2.45) is 56.6 Å². The van der Waals surface area contributed by atoms with Gasteiger partial charge in [0.15, 0.2) is 0 Å². The molecular formula is C40H54N2O2. The van der Waals surface area contributed by atoms with Crippen LogP contribution in [0.4, 0.5) is 11.4 Å². The molecule has 0 unspecified atom stereocenters. The summed E-state index contributed by atoms with van der Waals surface area (Å²) < 4.78 is 6.12. The summed E-state index contributed by atoms with van der Waals surface area (Å²) in [5.41, 5.74) is 4.46. The lowest BCUT2D eigenvalue weighted by Gasteiger charge is -2.58. The molecule has 4 nitrogen and oxygen atoms in total. The van der Waals surface area contributed by atoms with E-state index >= 15 is 0 Å². The molecule has 0 aromatic heterocycles. The lowest BCUT2D eigenvalue weighted by atomic mass is 9.47. The summed E-state index contributed by atoms with van der Waals surface area (Å²) in [6.07, 6.45) is 16.6. The third-order valence-corrected chi connectivity index (χ3v) is 12.7. The second-order valence-electron chi connectivity index (χ2n) is 15.6. The van der Waals surface area contributed by atoms with Crippen LogP contribution in [0.2, 0.25) is 0 Å². The lowest BCUT2D eigenvalue weighted by Crippen LogP contribution is -2.51. The van der Waals surface area contributed by atoms with E-state index in [-0.39, 0.29) is 17.5 Å². The summed E-state index contributed by atoms with van der Waals surface area (Å²) in [6, 6.07) is 16.9. The highest BCUT2D eigenvalue weighted by Crippen LogP contribution is 2.67. The molecule has 0 N–H and O–H groups in total. The van der Waals surface area contributed by atoms with E-state index in [1.807, 2.05) is 42.5 Å². The van der Waals surface area contributed by atoms with Crippen molar-refractivity contribution in [3.63, 3.8) is 0 Å². The number of allylic oxidation sites excluding steroid dienone is 1. The van der Waals surface area contributed by atoms with Crippen LogP contribution in [0.5, 0.6) is 0 Å². The maximum Gasteiger partial charge on any atom is 0.338 e. The number of benzene rings is 2. The van der Waals surface area contributed by atoms with Gasteiger partial charge < -0.3 is 4.74 Å². The van der Waals surface area contributed by atoms with E-state index in [9.17, 15) is 4.79 Å². The number of azo groups is 1. The second-order valence-corrected chi connectivity index (χ2v) is 15.6. The van der Waals surface area contributed by atoms with E-state index in [0.29, 0.717) is 11.0 Å². The van der Waals surface area contributed by atoms with Crippen molar-refractivity contribution in [2.75, 3.05) is 0 Å². The van der Waals surface area contributed by atoms with Gasteiger partial charge in [-0.2, -0.15) is 10.2 Å². The SMILES string of the molecule is CC(C)CCC[C@H](C)[C@H]1CC[C@H]2[C@@H]3CC=C4C[C@@H](OC(=O)c5ccc(N=Nc6ccccc6)cc5)CC[C@]4(C)[C@H]3CC[C@]12C. The molecule has 0 spiro atoms. The maximum atomic E-state index is 13.1. The Hall–Kier alpha value is -2.75. The fourth-order valence-corrected chi connectivity index (χ4v) is 10.2. The number of ether oxygens (including phenoxy) is 1. The molecule has 236 valence electrons. The van der Waals surface area contributed by atoms with Gasteiger partial charge in [-0.05, 0) is 128 Å². The van der Waals surface area contributed by atoms with Gasteiger partial charge in [0.25, 0.3) is 0 Å². The first-order valence-corrected chi connectivity index (χ1v) is 17.6. The Kier molecular flexibility index (Phi) is 9.18. The van der Waals surface area contributed by atoms with E-state index in [1.165, 1.54) is 51.4 Å². The largest absolute Gasteiger partial charge is 0.458 e. The minimum atomic E-state index is -0.229. The number of hydrogen-bond acceptors (Lipinski definition) is 4. The molecule has 3 fully saturated rings. The van der Waals surface area contributed by atoms with Crippen molar-refractivity contribution in [3.05, 3.63) is 71.8 Å². The zero-order valence-corrected chi connectivity index (χ0v) is 27.8. The monoisotopic (exact) mass is 594 g/mol. The van der Waals surface area contributed by atoms with Crippen molar-refractivity contribution in [1.82, 2.24) is 0 Å². The third-order valence-electron chi connectivity index (χ3n) is 12.7. The number of carbonyl (C=O) groups is 1. The van der Waals surface area contributed by atoms with Crippen molar-refractivity contribution in [2.45, 2.75) is 111 Å². The molecule has 2 aromatic rings. The highest BCUT2D eigenvalue weighted by atomic mass is 16.5. The number of hydrogen-bond donors (Lipinski definition) is 0. The first-order valence-electron chi connectivity index (χ1n) is 17.6. The topological polar surface area (TPSA) is 51.0 Å². The van der Waals surface area contributed by atoms with Gasteiger partial charge >= 0.3 is 5.97 Å². The number of carbonyl (C=O) groups excluding carboxylic acids is 1. The van der Waals surface area contributed by atoms with Gasteiger partial charge in [0.05, 0.1) is 16.9 Å². The number of fused-ring (bicyclic) bond motifs is 5. The molecule has 3 saturated carbocycles. The summed E-state index contributed by atoms with van der Waals surface area (Å²) in [7, 11) is 0. The fraction of sp³-hybridized carbons (Fsp3) is 0.625. The van der Waals surface area contributed by atoms with Gasteiger partial charge in [0.2, 0.25) is 0 Å². The predicted octanol–water partition coefficient (Wildman–Crippen LogP) is 11.7. The summed E-state index contributed by atoms with van der Waals surface area (Å²) in [6.45, 7) is 12.5. The van der Waals surface area contributed by atoms with Crippen molar-refractivity contribution in [1.29, 1.82) is 0 Å². The van der Waals surface area contributed by atoms with Crippen LogP contribution in [0.3, 0.4) is 0 Å². The van der Waals surface area contributed by atoms with Crippen molar-refractivity contribution >= 4 is 17.3 Å². The Morgan fingerprint density at radius 1 is 0.864 bits per heavy atom. The first-order chi connectivity index (χ1) is 21.2. The summed E-state index contributed by atoms with van der Waals surface area (Å²) >= 11 is 0. The van der Waals surface area contributed by atoms with Crippen LogP contribution in [-0.2, 0) is 4.74 Å². The van der Waals surface area contributed by atoms with Crippen LogP contribution >= 0.6 is 0 Å². The highest BCUT2D eigenvalue weighted by molar-refractivity contribution is 5.89.